The van der Waals surface area contributed by atoms with Gasteiger partial charge in [0, 0.05) is 25.9 Å². The summed E-state index contributed by atoms with van der Waals surface area (Å²) in [6, 6.07) is 7.68. The molecule has 0 saturated carbocycles. The molecule has 16 heavy (non-hydrogen) atoms. The Bertz CT molecular complexity index is 366. The molecule has 0 aliphatic rings. The molecule has 0 aromatic heterocycles. The number of benzene rings is 1. The molecule has 1 amide bonds. The lowest BCUT2D eigenvalue weighted by molar-refractivity contribution is -0.118. The van der Waals surface area contributed by atoms with Crippen molar-refractivity contribution in [1.82, 2.24) is 0 Å². The maximum Gasteiger partial charge on any atom is 0.228 e. The zero-order valence-corrected chi connectivity index (χ0v) is 10.6. The molecule has 0 radical (unpaired) electrons. The molecule has 1 N–H and O–H groups in total. The summed E-state index contributed by atoms with van der Waals surface area (Å²) in [6.07, 6.45) is 0. The van der Waals surface area contributed by atoms with Crippen molar-refractivity contribution in [1.29, 1.82) is 0 Å². The zero-order valence-electron chi connectivity index (χ0n) is 9.83. The standard InChI is InChI=1S/C12H17ClN2O/c1-9(8-13)12(16)14-10-6-4-5-7-11(10)15(2)3/h4-7,9H,8H2,1-3H3,(H,14,16). The van der Waals surface area contributed by atoms with Gasteiger partial charge in [-0.15, -0.1) is 11.6 Å². The van der Waals surface area contributed by atoms with Crippen LogP contribution >= 0.6 is 11.6 Å². The van der Waals surface area contributed by atoms with Crippen LogP contribution in [0.1, 0.15) is 6.92 Å². The lowest BCUT2D eigenvalue weighted by atomic mass is 10.2. The van der Waals surface area contributed by atoms with E-state index in [0.29, 0.717) is 5.88 Å². The first-order chi connectivity index (χ1) is 7.56. The fourth-order valence-corrected chi connectivity index (χ4v) is 1.44. The lowest BCUT2D eigenvalue weighted by Gasteiger charge is -2.18. The van der Waals surface area contributed by atoms with Crippen LogP contribution in [0.15, 0.2) is 24.3 Å². The predicted molar refractivity (Wildman–Crippen MR) is 69.3 cm³/mol. The Morgan fingerprint density at radius 1 is 1.44 bits per heavy atom. The van der Waals surface area contributed by atoms with Crippen LogP contribution in [0.4, 0.5) is 11.4 Å². The first kappa shape index (κ1) is 12.8. The summed E-state index contributed by atoms with van der Waals surface area (Å²) in [6.45, 7) is 1.81. The van der Waals surface area contributed by atoms with Gasteiger partial charge in [-0.2, -0.15) is 0 Å². The normalized spacial score (nSPS) is 12.0. The molecule has 0 fully saturated rings. The third-order valence-electron chi connectivity index (χ3n) is 2.32. The number of rotatable bonds is 4. The van der Waals surface area contributed by atoms with E-state index >= 15 is 0 Å². The Labute approximate surface area is 101 Å². The lowest BCUT2D eigenvalue weighted by Crippen LogP contribution is -2.23. The molecule has 1 aromatic carbocycles. The molecule has 1 atom stereocenters. The second-order valence-corrected chi connectivity index (χ2v) is 4.26. The van der Waals surface area contributed by atoms with Gasteiger partial charge < -0.3 is 10.2 Å². The number of carbonyl (C=O) groups excluding carboxylic acids is 1. The number of nitrogens with zero attached hydrogens (tertiary/aromatic N) is 1. The van der Waals surface area contributed by atoms with Gasteiger partial charge in [-0.05, 0) is 12.1 Å². The highest BCUT2D eigenvalue weighted by Crippen LogP contribution is 2.23. The van der Waals surface area contributed by atoms with Crippen molar-refractivity contribution < 1.29 is 4.79 Å². The number of anilines is 2. The van der Waals surface area contributed by atoms with E-state index in [4.69, 9.17) is 11.6 Å². The maximum absolute atomic E-state index is 11.7. The summed E-state index contributed by atoms with van der Waals surface area (Å²) in [4.78, 5) is 13.7. The Hall–Kier alpha value is -1.22. The van der Waals surface area contributed by atoms with Gasteiger partial charge >= 0.3 is 0 Å². The van der Waals surface area contributed by atoms with Gasteiger partial charge in [-0.3, -0.25) is 4.79 Å². The van der Waals surface area contributed by atoms with Crippen molar-refractivity contribution in [2.75, 3.05) is 30.2 Å². The molecule has 0 heterocycles. The van der Waals surface area contributed by atoms with E-state index in [2.05, 4.69) is 5.32 Å². The fraction of sp³-hybridized carbons (Fsp3) is 0.417. The quantitative estimate of drug-likeness (QED) is 0.821. The highest BCUT2D eigenvalue weighted by molar-refractivity contribution is 6.19. The number of nitrogens with one attached hydrogen (secondary N) is 1. The zero-order chi connectivity index (χ0) is 12.1. The van der Waals surface area contributed by atoms with Crippen molar-refractivity contribution >= 4 is 28.9 Å². The van der Waals surface area contributed by atoms with E-state index in [1.165, 1.54) is 0 Å². The third kappa shape index (κ3) is 3.14. The summed E-state index contributed by atoms with van der Waals surface area (Å²) in [7, 11) is 3.88. The van der Waals surface area contributed by atoms with Crippen LogP contribution < -0.4 is 10.2 Å². The largest absolute Gasteiger partial charge is 0.376 e. The number of amides is 1. The molecule has 88 valence electrons. The van der Waals surface area contributed by atoms with Crippen LogP contribution in [0.3, 0.4) is 0 Å². The molecule has 0 bridgehead atoms. The minimum absolute atomic E-state index is 0.0516. The number of para-hydroxylation sites is 2. The fourth-order valence-electron chi connectivity index (χ4n) is 1.30. The summed E-state index contributed by atoms with van der Waals surface area (Å²) in [5.74, 6) is 0.0943. The van der Waals surface area contributed by atoms with E-state index in [9.17, 15) is 4.79 Å². The molecule has 3 nitrogen and oxygen atoms in total. The first-order valence-corrected chi connectivity index (χ1v) is 5.73. The van der Waals surface area contributed by atoms with Gasteiger partial charge in [0.25, 0.3) is 0 Å². The van der Waals surface area contributed by atoms with E-state index in [-0.39, 0.29) is 11.8 Å². The van der Waals surface area contributed by atoms with Gasteiger partial charge in [-0.1, -0.05) is 19.1 Å². The SMILES string of the molecule is CC(CCl)C(=O)Nc1ccccc1N(C)C. The topological polar surface area (TPSA) is 32.3 Å². The third-order valence-corrected chi connectivity index (χ3v) is 2.79. The van der Waals surface area contributed by atoms with Crippen molar-refractivity contribution in [3.05, 3.63) is 24.3 Å². The molecule has 1 aromatic rings. The van der Waals surface area contributed by atoms with Crippen molar-refractivity contribution in [3.63, 3.8) is 0 Å². The van der Waals surface area contributed by atoms with Crippen molar-refractivity contribution in [3.8, 4) is 0 Å². The molecule has 0 spiro atoms. The molecule has 4 heteroatoms. The van der Waals surface area contributed by atoms with E-state index in [1.54, 1.807) is 6.92 Å². The second-order valence-electron chi connectivity index (χ2n) is 3.96. The predicted octanol–water partition coefficient (Wildman–Crippen LogP) is 2.57. The number of alkyl halides is 1. The monoisotopic (exact) mass is 240 g/mol. The minimum atomic E-state index is -0.183. The molecular formula is C12H17ClN2O. The van der Waals surface area contributed by atoms with Crippen LogP contribution in [-0.4, -0.2) is 25.9 Å². The van der Waals surface area contributed by atoms with Gasteiger partial charge in [-0.25, -0.2) is 0 Å². The first-order valence-electron chi connectivity index (χ1n) is 5.19. The highest BCUT2D eigenvalue weighted by Gasteiger charge is 2.13. The van der Waals surface area contributed by atoms with Gasteiger partial charge in [0.1, 0.15) is 0 Å². The Balaban J connectivity index is 2.84. The molecule has 1 rings (SSSR count). The van der Waals surface area contributed by atoms with Crippen LogP contribution in [0.25, 0.3) is 0 Å². The number of hydrogen-bond acceptors (Lipinski definition) is 2. The molecule has 0 aliphatic heterocycles. The van der Waals surface area contributed by atoms with Crippen molar-refractivity contribution in [2.24, 2.45) is 5.92 Å². The molecular weight excluding hydrogens is 224 g/mol. The van der Waals surface area contributed by atoms with E-state index in [1.807, 2.05) is 43.3 Å². The average Bonchev–Trinajstić information content (AvgIpc) is 2.28. The van der Waals surface area contributed by atoms with Crippen LogP contribution in [0.2, 0.25) is 0 Å². The summed E-state index contributed by atoms with van der Waals surface area (Å²) >= 11 is 5.64. The smallest absolute Gasteiger partial charge is 0.228 e. The summed E-state index contributed by atoms with van der Waals surface area (Å²) < 4.78 is 0. The molecule has 0 aliphatic carbocycles. The van der Waals surface area contributed by atoms with Gasteiger partial charge in [0.2, 0.25) is 5.91 Å². The van der Waals surface area contributed by atoms with Crippen LogP contribution in [0.5, 0.6) is 0 Å². The highest BCUT2D eigenvalue weighted by atomic mass is 35.5. The average molecular weight is 241 g/mol. The number of halogens is 1. The Morgan fingerprint density at radius 2 is 2.06 bits per heavy atom. The maximum atomic E-state index is 11.7. The summed E-state index contributed by atoms with van der Waals surface area (Å²) in [5.41, 5.74) is 1.80. The van der Waals surface area contributed by atoms with E-state index in [0.717, 1.165) is 11.4 Å². The molecule has 1 unspecified atom stereocenters. The Kier molecular flexibility index (Phi) is 4.62. The second kappa shape index (κ2) is 5.75. The van der Waals surface area contributed by atoms with Crippen LogP contribution in [0, 0.1) is 5.92 Å². The van der Waals surface area contributed by atoms with Crippen LogP contribution in [-0.2, 0) is 4.79 Å². The summed E-state index contributed by atoms with van der Waals surface area (Å²) in [5, 5.41) is 2.88. The van der Waals surface area contributed by atoms with Gasteiger partial charge in [0.05, 0.1) is 11.4 Å². The van der Waals surface area contributed by atoms with E-state index < -0.39 is 0 Å². The molecule has 0 saturated heterocycles. The van der Waals surface area contributed by atoms with Gasteiger partial charge in [0.15, 0.2) is 0 Å². The van der Waals surface area contributed by atoms with Crippen molar-refractivity contribution in [2.45, 2.75) is 6.92 Å². The number of hydrogen-bond donors (Lipinski definition) is 1. The Morgan fingerprint density at radius 3 is 2.62 bits per heavy atom. The number of carbonyl (C=O) groups is 1. The minimum Gasteiger partial charge on any atom is -0.376 e.